The number of nitrogens with one attached hydrogen (secondary N) is 1. The zero-order valence-corrected chi connectivity index (χ0v) is 12.2. The summed E-state index contributed by atoms with van der Waals surface area (Å²) in [6, 6.07) is 6.08. The monoisotopic (exact) mass is 309 g/mol. The van der Waals surface area contributed by atoms with E-state index in [0.717, 1.165) is 0 Å². The standard InChI is InChI=1S/C13H15N3O4S/c1-2-15-12(17)8-20-10-5-6-11(21(14,18)19)13-9(10)4-3-7-16-13/h3-7H,2,8H2,1H3,(H,15,17)(H2,14,18,19). The number of nitrogens with zero attached hydrogens (tertiary/aromatic N) is 1. The minimum atomic E-state index is -3.88. The highest BCUT2D eigenvalue weighted by molar-refractivity contribution is 7.89. The predicted molar refractivity (Wildman–Crippen MR) is 77.3 cm³/mol. The van der Waals surface area contributed by atoms with Crippen molar-refractivity contribution in [3.63, 3.8) is 0 Å². The number of sulfonamides is 1. The summed E-state index contributed by atoms with van der Waals surface area (Å²) in [5.41, 5.74) is 0.216. The van der Waals surface area contributed by atoms with Crippen LogP contribution in [0, 0.1) is 0 Å². The van der Waals surface area contributed by atoms with Crippen LogP contribution in [0.1, 0.15) is 6.92 Å². The molecule has 0 fully saturated rings. The van der Waals surface area contributed by atoms with Gasteiger partial charge >= 0.3 is 0 Å². The van der Waals surface area contributed by atoms with Crippen molar-refractivity contribution in [3.05, 3.63) is 30.5 Å². The lowest BCUT2D eigenvalue weighted by molar-refractivity contribution is -0.122. The van der Waals surface area contributed by atoms with Crippen molar-refractivity contribution >= 4 is 26.8 Å². The first-order valence-corrected chi connectivity index (χ1v) is 7.78. The predicted octanol–water partition coefficient (Wildman–Crippen LogP) is 0.397. The number of benzene rings is 1. The largest absolute Gasteiger partial charge is 0.483 e. The molecule has 0 aliphatic rings. The molecule has 0 spiro atoms. The molecule has 0 aliphatic carbocycles. The minimum absolute atomic E-state index is 0.0801. The Balaban J connectivity index is 2.41. The molecule has 21 heavy (non-hydrogen) atoms. The second-order valence-electron chi connectivity index (χ2n) is 4.25. The van der Waals surface area contributed by atoms with Crippen LogP contribution < -0.4 is 15.2 Å². The van der Waals surface area contributed by atoms with Gasteiger partial charge in [-0.15, -0.1) is 0 Å². The lowest BCUT2D eigenvalue weighted by Gasteiger charge is -2.10. The first-order valence-electron chi connectivity index (χ1n) is 6.23. The maximum Gasteiger partial charge on any atom is 0.257 e. The molecule has 1 aromatic heterocycles. The second-order valence-corrected chi connectivity index (χ2v) is 5.78. The Bertz CT molecular complexity index is 774. The molecule has 0 radical (unpaired) electrons. The summed E-state index contributed by atoms with van der Waals surface area (Å²) in [7, 11) is -3.88. The molecule has 0 aliphatic heterocycles. The van der Waals surface area contributed by atoms with Gasteiger partial charge in [-0.3, -0.25) is 9.78 Å². The number of nitrogens with two attached hydrogens (primary N) is 1. The van der Waals surface area contributed by atoms with Gasteiger partial charge in [0.15, 0.2) is 6.61 Å². The molecule has 2 aromatic rings. The van der Waals surface area contributed by atoms with Gasteiger partial charge in [0, 0.05) is 18.1 Å². The Kier molecular flexibility index (Phi) is 4.39. The fourth-order valence-corrected chi connectivity index (χ4v) is 2.56. The first-order chi connectivity index (χ1) is 9.93. The van der Waals surface area contributed by atoms with Crippen molar-refractivity contribution < 1.29 is 17.9 Å². The summed E-state index contributed by atoms with van der Waals surface area (Å²) < 4.78 is 28.5. The number of fused-ring (bicyclic) bond motifs is 1. The third kappa shape index (κ3) is 3.47. The number of hydrogen-bond donors (Lipinski definition) is 2. The van der Waals surface area contributed by atoms with Gasteiger partial charge in [0.25, 0.3) is 5.91 Å². The first kappa shape index (κ1) is 15.2. The smallest absolute Gasteiger partial charge is 0.257 e. The van der Waals surface area contributed by atoms with Crippen molar-refractivity contribution in [2.45, 2.75) is 11.8 Å². The van der Waals surface area contributed by atoms with E-state index < -0.39 is 10.0 Å². The van der Waals surface area contributed by atoms with Gasteiger partial charge in [0.05, 0.1) is 5.52 Å². The maximum atomic E-state index is 11.5. The molecule has 1 heterocycles. The Morgan fingerprint density at radius 1 is 1.38 bits per heavy atom. The number of rotatable bonds is 5. The number of carbonyl (C=O) groups excluding carboxylic acids is 1. The highest BCUT2D eigenvalue weighted by atomic mass is 32.2. The molecule has 0 unspecified atom stereocenters. The minimum Gasteiger partial charge on any atom is -0.483 e. The molecule has 8 heteroatoms. The van der Waals surface area contributed by atoms with Crippen LogP contribution in [0.2, 0.25) is 0 Å². The van der Waals surface area contributed by atoms with E-state index in [1.54, 1.807) is 19.1 Å². The summed E-state index contributed by atoms with van der Waals surface area (Å²) in [5, 5.41) is 8.25. The lowest BCUT2D eigenvalue weighted by Crippen LogP contribution is -2.28. The van der Waals surface area contributed by atoms with Crippen molar-refractivity contribution in [2.75, 3.05) is 13.2 Å². The van der Waals surface area contributed by atoms with Crippen LogP contribution >= 0.6 is 0 Å². The fourth-order valence-electron chi connectivity index (χ4n) is 1.87. The third-order valence-corrected chi connectivity index (χ3v) is 3.67. The zero-order chi connectivity index (χ0) is 15.5. The molecular weight excluding hydrogens is 294 g/mol. The molecular formula is C13H15N3O4S. The number of primary sulfonamides is 1. The molecule has 2 rings (SSSR count). The topological polar surface area (TPSA) is 111 Å². The summed E-state index contributed by atoms with van der Waals surface area (Å²) in [4.78, 5) is 15.4. The number of hydrogen-bond acceptors (Lipinski definition) is 5. The average molecular weight is 309 g/mol. The summed E-state index contributed by atoms with van der Waals surface area (Å²) in [6.07, 6.45) is 1.46. The number of likely N-dealkylation sites (N-methyl/N-ethyl adjacent to an activating group) is 1. The average Bonchev–Trinajstić information content (AvgIpc) is 2.43. The van der Waals surface area contributed by atoms with Gasteiger partial charge < -0.3 is 10.1 Å². The SMILES string of the molecule is CCNC(=O)COc1ccc(S(N)(=O)=O)c2ncccc12. The van der Waals surface area contributed by atoms with Gasteiger partial charge in [-0.05, 0) is 31.2 Å². The summed E-state index contributed by atoms with van der Waals surface area (Å²) in [5.74, 6) is 0.113. The highest BCUT2D eigenvalue weighted by Crippen LogP contribution is 2.28. The van der Waals surface area contributed by atoms with Crippen LogP contribution in [0.3, 0.4) is 0 Å². The second kappa shape index (κ2) is 6.06. The Morgan fingerprint density at radius 3 is 2.81 bits per heavy atom. The van der Waals surface area contributed by atoms with E-state index in [1.807, 2.05) is 0 Å². The van der Waals surface area contributed by atoms with Gasteiger partial charge in [-0.1, -0.05) is 0 Å². The van der Waals surface area contributed by atoms with Gasteiger partial charge in [-0.25, -0.2) is 13.6 Å². The van der Waals surface area contributed by atoms with Gasteiger partial charge in [-0.2, -0.15) is 0 Å². The van der Waals surface area contributed by atoms with Crippen LogP contribution in [0.4, 0.5) is 0 Å². The molecule has 3 N–H and O–H groups in total. The normalized spacial score (nSPS) is 11.3. The van der Waals surface area contributed by atoms with Crippen LogP contribution in [0.25, 0.3) is 10.9 Å². The number of amides is 1. The molecule has 112 valence electrons. The summed E-state index contributed by atoms with van der Waals surface area (Å²) in [6.45, 7) is 2.15. The van der Waals surface area contributed by atoms with E-state index in [9.17, 15) is 13.2 Å². The van der Waals surface area contributed by atoms with E-state index in [0.29, 0.717) is 17.7 Å². The van der Waals surface area contributed by atoms with Crippen molar-refractivity contribution in [1.29, 1.82) is 0 Å². The van der Waals surface area contributed by atoms with Gasteiger partial charge in [0.2, 0.25) is 10.0 Å². The van der Waals surface area contributed by atoms with Crippen molar-refractivity contribution in [1.82, 2.24) is 10.3 Å². The zero-order valence-electron chi connectivity index (χ0n) is 11.4. The molecule has 0 saturated heterocycles. The van der Waals surface area contributed by atoms with E-state index in [2.05, 4.69) is 10.3 Å². The van der Waals surface area contributed by atoms with E-state index in [1.165, 1.54) is 18.3 Å². The number of aromatic nitrogens is 1. The van der Waals surface area contributed by atoms with E-state index in [4.69, 9.17) is 9.88 Å². The van der Waals surface area contributed by atoms with Crippen LogP contribution in [-0.4, -0.2) is 32.5 Å². The van der Waals surface area contributed by atoms with E-state index in [-0.39, 0.29) is 22.9 Å². The lowest BCUT2D eigenvalue weighted by atomic mass is 10.2. The molecule has 1 amide bonds. The quantitative estimate of drug-likeness (QED) is 0.830. The molecule has 0 bridgehead atoms. The van der Waals surface area contributed by atoms with E-state index >= 15 is 0 Å². The van der Waals surface area contributed by atoms with Crippen LogP contribution in [-0.2, 0) is 14.8 Å². The van der Waals surface area contributed by atoms with Gasteiger partial charge in [0.1, 0.15) is 10.6 Å². The summed E-state index contributed by atoms with van der Waals surface area (Å²) >= 11 is 0. The Labute approximate surface area is 122 Å². The van der Waals surface area contributed by atoms with Crippen LogP contribution in [0.15, 0.2) is 35.4 Å². The Morgan fingerprint density at radius 2 is 2.14 bits per heavy atom. The molecule has 1 aromatic carbocycles. The maximum absolute atomic E-state index is 11.5. The van der Waals surface area contributed by atoms with Crippen molar-refractivity contribution in [2.24, 2.45) is 5.14 Å². The number of pyridine rings is 1. The molecule has 0 atom stereocenters. The highest BCUT2D eigenvalue weighted by Gasteiger charge is 2.16. The Hall–Kier alpha value is -2.19. The number of carbonyl (C=O) groups is 1. The number of ether oxygens (including phenoxy) is 1. The van der Waals surface area contributed by atoms with Crippen molar-refractivity contribution in [3.8, 4) is 5.75 Å². The molecule has 7 nitrogen and oxygen atoms in total. The molecule has 0 saturated carbocycles. The fraction of sp³-hybridized carbons (Fsp3) is 0.231. The van der Waals surface area contributed by atoms with Crippen LogP contribution in [0.5, 0.6) is 5.75 Å². The third-order valence-electron chi connectivity index (χ3n) is 2.73.